The van der Waals surface area contributed by atoms with Gasteiger partial charge < -0.3 is 10.6 Å². The van der Waals surface area contributed by atoms with Crippen molar-refractivity contribution in [3.8, 4) is 0 Å². The van der Waals surface area contributed by atoms with Gasteiger partial charge in [-0.05, 0) is 64.4 Å². The van der Waals surface area contributed by atoms with Crippen LogP contribution in [0.2, 0.25) is 0 Å². The average molecular weight is 425 g/mol. The van der Waals surface area contributed by atoms with Gasteiger partial charge in [0.2, 0.25) is 5.95 Å². The van der Waals surface area contributed by atoms with E-state index in [0.717, 1.165) is 52.1 Å². The summed E-state index contributed by atoms with van der Waals surface area (Å²) in [6.45, 7) is 9.99. The number of aromatic nitrogens is 4. The van der Waals surface area contributed by atoms with Crippen molar-refractivity contribution in [3.63, 3.8) is 0 Å². The Morgan fingerprint density at radius 1 is 0.688 bits per heavy atom. The number of nitrogens with one attached hydrogen (secondary N) is 2. The minimum absolute atomic E-state index is 0.591. The Balaban J connectivity index is 1.61. The lowest BCUT2D eigenvalue weighted by atomic mass is 10.0. The van der Waals surface area contributed by atoms with E-state index in [1.54, 1.807) is 0 Å². The van der Waals surface area contributed by atoms with Crippen LogP contribution in [-0.2, 0) is 6.42 Å². The van der Waals surface area contributed by atoms with E-state index in [2.05, 4.69) is 56.8 Å². The number of benzene rings is 2. The maximum atomic E-state index is 4.71. The number of aryl methyl sites for hydroxylation is 5. The van der Waals surface area contributed by atoms with Gasteiger partial charge in [-0.15, -0.1) is 0 Å². The van der Waals surface area contributed by atoms with Crippen LogP contribution in [0.4, 0.5) is 23.1 Å². The van der Waals surface area contributed by atoms with E-state index in [1.165, 1.54) is 11.1 Å². The molecular formula is C26H28N6. The minimum Gasteiger partial charge on any atom is -0.340 e. The van der Waals surface area contributed by atoms with Gasteiger partial charge in [-0.3, -0.25) is 0 Å². The summed E-state index contributed by atoms with van der Waals surface area (Å²) >= 11 is 0. The first kappa shape index (κ1) is 21.4. The summed E-state index contributed by atoms with van der Waals surface area (Å²) < 4.78 is 0. The molecule has 6 heteroatoms. The molecule has 0 aliphatic carbocycles. The third-order valence-electron chi connectivity index (χ3n) is 5.19. The highest BCUT2D eigenvalue weighted by Crippen LogP contribution is 2.26. The number of hydrogen-bond donors (Lipinski definition) is 2. The fourth-order valence-electron chi connectivity index (χ4n) is 3.68. The lowest BCUT2D eigenvalue weighted by Crippen LogP contribution is -2.07. The van der Waals surface area contributed by atoms with Gasteiger partial charge in [0.05, 0.1) is 0 Å². The molecule has 2 N–H and O–H groups in total. The van der Waals surface area contributed by atoms with E-state index in [4.69, 9.17) is 4.98 Å². The van der Waals surface area contributed by atoms with Crippen LogP contribution in [0.25, 0.3) is 0 Å². The lowest BCUT2D eigenvalue weighted by Gasteiger charge is -2.15. The van der Waals surface area contributed by atoms with Gasteiger partial charge in [0.25, 0.3) is 0 Å². The average Bonchev–Trinajstić information content (AvgIpc) is 2.71. The first-order chi connectivity index (χ1) is 15.4. The first-order valence-corrected chi connectivity index (χ1v) is 10.7. The van der Waals surface area contributed by atoms with Gasteiger partial charge in [-0.1, -0.05) is 35.9 Å². The van der Waals surface area contributed by atoms with Crippen molar-refractivity contribution < 1.29 is 0 Å². The number of rotatable bonds is 6. The predicted molar refractivity (Wildman–Crippen MR) is 130 cm³/mol. The maximum absolute atomic E-state index is 4.71. The summed E-state index contributed by atoms with van der Waals surface area (Å²) in [5.41, 5.74) is 8.26. The van der Waals surface area contributed by atoms with Crippen molar-refractivity contribution in [2.75, 3.05) is 10.6 Å². The summed E-state index contributed by atoms with van der Waals surface area (Å²) in [6.07, 6.45) is 0.767. The van der Waals surface area contributed by atoms with Crippen LogP contribution in [0.5, 0.6) is 0 Å². The van der Waals surface area contributed by atoms with Gasteiger partial charge >= 0.3 is 0 Å². The van der Waals surface area contributed by atoms with Crippen LogP contribution in [0.15, 0.2) is 54.6 Å². The fraction of sp³-hybridized carbons (Fsp3) is 0.231. The summed E-state index contributed by atoms with van der Waals surface area (Å²) in [6, 6.07) is 18.6. The van der Waals surface area contributed by atoms with Crippen molar-refractivity contribution in [3.05, 3.63) is 94.2 Å². The molecule has 2 heterocycles. The summed E-state index contributed by atoms with van der Waals surface area (Å²) in [7, 11) is 0. The monoisotopic (exact) mass is 424 g/mol. The SMILES string of the molecule is Cc1ccc(Cc2c(C)nc(C)nc2Nc2cccc(Nc3nc(C)cc(C)n3)c2)cc1. The second-order valence-corrected chi connectivity index (χ2v) is 8.15. The van der Waals surface area contributed by atoms with Gasteiger partial charge in [0.1, 0.15) is 11.6 Å². The molecule has 32 heavy (non-hydrogen) atoms. The van der Waals surface area contributed by atoms with Crippen molar-refractivity contribution >= 4 is 23.1 Å². The third kappa shape index (κ3) is 5.27. The predicted octanol–water partition coefficient (Wildman–Crippen LogP) is 5.89. The van der Waals surface area contributed by atoms with Gasteiger partial charge in [-0.2, -0.15) is 0 Å². The van der Waals surface area contributed by atoms with E-state index >= 15 is 0 Å². The lowest BCUT2D eigenvalue weighted by molar-refractivity contribution is 0.965. The van der Waals surface area contributed by atoms with E-state index in [1.807, 2.05) is 58.0 Å². The van der Waals surface area contributed by atoms with E-state index < -0.39 is 0 Å². The smallest absolute Gasteiger partial charge is 0.227 e. The normalized spacial score (nSPS) is 10.8. The van der Waals surface area contributed by atoms with Crippen molar-refractivity contribution in [2.45, 2.75) is 41.0 Å². The molecule has 6 nitrogen and oxygen atoms in total. The molecule has 0 saturated carbocycles. The molecule has 162 valence electrons. The topological polar surface area (TPSA) is 75.6 Å². The maximum Gasteiger partial charge on any atom is 0.227 e. The number of anilines is 4. The molecule has 0 bridgehead atoms. The van der Waals surface area contributed by atoms with Crippen molar-refractivity contribution in [2.24, 2.45) is 0 Å². The molecule has 2 aromatic carbocycles. The Kier molecular flexibility index (Phi) is 6.12. The Morgan fingerprint density at radius 3 is 2.03 bits per heavy atom. The minimum atomic E-state index is 0.591. The number of hydrogen-bond acceptors (Lipinski definition) is 6. The quantitative estimate of drug-likeness (QED) is 0.402. The molecule has 0 unspecified atom stereocenters. The number of nitrogens with zero attached hydrogens (tertiary/aromatic N) is 4. The summed E-state index contributed by atoms with van der Waals surface area (Å²) in [4.78, 5) is 18.3. The van der Waals surface area contributed by atoms with Crippen molar-refractivity contribution in [1.29, 1.82) is 0 Å². The van der Waals surface area contributed by atoms with E-state index in [9.17, 15) is 0 Å². The molecule has 0 radical (unpaired) electrons. The first-order valence-electron chi connectivity index (χ1n) is 10.7. The second kappa shape index (κ2) is 9.14. The molecule has 4 aromatic rings. The largest absolute Gasteiger partial charge is 0.340 e. The van der Waals surface area contributed by atoms with Crippen LogP contribution in [0.1, 0.15) is 39.6 Å². The highest BCUT2D eigenvalue weighted by Gasteiger charge is 2.12. The Bertz CT molecular complexity index is 1230. The molecule has 0 aliphatic heterocycles. The molecule has 0 saturated heterocycles. The molecular weight excluding hydrogens is 396 g/mol. The van der Waals surface area contributed by atoms with Crippen LogP contribution in [0.3, 0.4) is 0 Å². The van der Waals surface area contributed by atoms with Crippen LogP contribution < -0.4 is 10.6 Å². The van der Waals surface area contributed by atoms with Gasteiger partial charge in [0, 0.05) is 40.4 Å². The molecule has 4 rings (SSSR count). The standard InChI is InChI=1S/C26H28N6/c1-16-9-11-21(12-10-16)14-24-19(4)29-20(5)30-25(24)31-22-7-6-8-23(15-22)32-26-27-17(2)13-18(3)28-26/h6-13,15H,14H2,1-5H3,(H,27,28,32)(H,29,30,31). The zero-order valence-electron chi connectivity index (χ0n) is 19.2. The molecule has 0 spiro atoms. The molecule has 2 aromatic heterocycles. The molecule has 0 aliphatic rings. The molecule has 0 fully saturated rings. The second-order valence-electron chi connectivity index (χ2n) is 8.15. The van der Waals surface area contributed by atoms with Crippen molar-refractivity contribution in [1.82, 2.24) is 19.9 Å². The highest BCUT2D eigenvalue weighted by molar-refractivity contribution is 5.67. The van der Waals surface area contributed by atoms with Crippen LogP contribution in [0, 0.1) is 34.6 Å². The highest BCUT2D eigenvalue weighted by atomic mass is 15.1. The third-order valence-corrected chi connectivity index (χ3v) is 5.19. The summed E-state index contributed by atoms with van der Waals surface area (Å²) in [5.74, 6) is 2.17. The van der Waals surface area contributed by atoms with Crippen LogP contribution in [-0.4, -0.2) is 19.9 Å². The summed E-state index contributed by atoms with van der Waals surface area (Å²) in [5, 5.41) is 6.80. The van der Waals surface area contributed by atoms with Crippen LogP contribution >= 0.6 is 0 Å². The fourth-order valence-corrected chi connectivity index (χ4v) is 3.68. The zero-order valence-corrected chi connectivity index (χ0v) is 19.2. The molecule has 0 atom stereocenters. The Morgan fingerprint density at radius 2 is 1.34 bits per heavy atom. The van der Waals surface area contributed by atoms with Gasteiger partial charge in [-0.25, -0.2) is 19.9 Å². The van der Waals surface area contributed by atoms with E-state index in [-0.39, 0.29) is 0 Å². The molecule has 0 amide bonds. The Hall–Kier alpha value is -3.80. The van der Waals surface area contributed by atoms with Gasteiger partial charge in [0.15, 0.2) is 0 Å². The zero-order chi connectivity index (χ0) is 22.7. The Labute approximate surface area is 189 Å². The van der Waals surface area contributed by atoms with E-state index in [0.29, 0.717) is 5.95 Å².